The summed E-state index contributed by atoms with van der Waals surface area (Å²) in [5.74, 6) is 1.69. The van der Waals surface area contributed by atoms with Crippen LogP contribution < -0.4 is 10.6 Å². The molecule has 19 heavy (non-hydrogen) atoms. The van der Waals surface area contributed by atoms with E-state index in [9.17, 15) is 0 Å². The maximum Gasteiger partial charge on any atom is 0.191 e. The number of hydrogen-bond donors (Lipinski definition) is 2. The Kier molecular flexibility index (Phi) is 6.64. The van der Waals surface area contributed by atoms with Gasteiger partial charge in [-0.15, -0.1) is 24.0 Å². The van der Waals surface area contributed by atoms with Crippen molar-refractivity contribution in [3.05, 3.63) is 24.2 Å². The van der Waals surface area contributed by atoms with Gasteiger partial charge in [-0.05, 0) is 19.1 Å². The van der Waals surface area contributed by atoms with Gasteiger partial charge in [-0.3, -0.25) is 0 Å². The molecule has 1 aromatic rings. The molecular formula is C13H22IN3O2. The van der Waals surface area contributed by atoms with E-state index < -0.39 is 0 Å². The number of nitrogens with one attached hydrogen (secondary N) is 2. The number of furan rings is 1. The highest BCUT2D eigenvalue weighted by Crippen LogP contribution is 2.24. The van der Waals surface area contributed by atoms with Crippen molar-refractivity contribution in [2.24, 2.45) is 10.4 Å². The second-order valence-electron chi connectivity index (χ2n) is 4.93. The van der Waals surface area contributed by atoms with Crippen LogP contribution in [-0.2, 0) is 11.3 Å². The summed E-state index contributed by atoms with van der Waals surface area (Å²) in [5, 5.41) is 6.56. The lowest BCUT2D eigenvalue weighted by atomic mass is 9.89. The van der Waals surface area contributed by atoms with Gasteiger partial charge in [-0.25, -0.2) is 4.99 Å². The predicted molar refractivity (Wildman–Crippen MR) is 85.9 cm³/mol. The van der Waals surface area contributed by atoms with Gasteiger partial charge in [0.1, 0.15) is 12.3 Å². The highest BCUT2D eigenvalue weighted by molar-refractivity contribution is 14.0. The fraction of sp³-hybridized carbons (Fsp3) is 0.615. The first-order chi connectivity index (χ1) is 8.72. The molecule has 2 rings (SSSR count). The molecule has 0 unspecified atom stereocenters. The molecule has 1 aliphatic heterocycles. The van der Waals surface area contributed by atoms with E-state index in [4.69, 9.17) is 9.15 Å². The second-order valence-corrected chi connectivity index (χ2v) is 4.93. The maximum atomic E-state index is 5.26. The number of halogens is 1. The van der Waals surface area contributed by atoms with Gasteiger partial charge in [-0.2, -0.15) is 0 Å². The number of rotatable bonds is 5. The molecule has 6 heteroatoms. The number of aliphatic imine (C=N–C) groups is 1. The summed E-state index contributed by atoms with van der Waals surface area (Å²) in [7, 11) is 0. The molecule has 1 fully saturated rings. The van der Waals surface area contributed by atoms with Crippen LogP contribution in [0.1, 0.15) is 19.6 Å². The molecule has 1 aliphatic rings. The molecular weight excluding hydrogens is 357 g/mol. The van der Waals surface area contributed by atoms with Crippen LogP contribution in [0.15, 0.2) is 27.8 Å². The fourth-order valence-electron chi connectivity index (χ4n) is 1.75. The zero-order chi connectivity index (χ0) is 12.8. The van der Waals surface area contributed by atoms with Crippen LogP contribution in [0.25, 0.3) is 0 Å². The van der Waals surface area contributed by atoms with Gasteiger partial charge < -0.3 is 19.8 Å². The van der Waals surface area contributed by atoms with Gasteiger partial charge in [0.15, 0.2) is 5.96 Å². The molecule has 2 N–H and O–H groups in total. The van der Waals surface area contributed by atoms with Crippen molar-refractivity contribution in [1.82, 2.24) is 10.6 Å². The molecule has 0 radical (unpaired) electrons. The Morgan fingerprint density at radius 3 is 2.74 bits per heavy atom. The van der Waals surface area contributed by atoms with Crippen LogP contribution >= 0.6 is 24.0 Å². The molecule has 0 bridgehead atoms. The standard InChI is InChI=1S/C13H21N3O2.HI/c1-3-14-12(15-7-11-5-4-6-18-11)16-8-13(2)9-17-10-13;/h4-6H,3,7-10H2,1-2H3,(H2,14,15,16);1H. The minimum absolute atomic E-state index is 0. The van der Waals surface area contributed by atoms with Gasteiger partial charge in [0.25, 0.3) is 0 Å². The number of ether oxygens (including phenoxy) is 1. The van der Waals surface area contributed by atoms with E-state index in [0.29, 0.717) is 6.54 Å². The molecule has 2 heterocycles. The third kappa shape index (κ3) is 5.02. The number of hydrogen-bond acceptors (Lipinski definition) is 3. The van der Waals surface area contributed by atoms with E-state index in [2.05, 4.69) is 29.5 Å². The summed E-state index contributed by atoms with van der Waals surface area (Å²) >= 11 is 0. The highest BCUT2D eigenvalue weighted by atomic mass is 127. The summed E-state index contributed by atoms with van der Waals surface area (Å²) in [6.07, 6.45) is 1.66. The van der Waals surface area contributed by atoms with Crippen molar-refractivity contribution in [3.63, 3.8) is 0 Å². The van der Waals surface area contributed by atoms with E-state index in [-0.39, 0.29) is 29.4 Å². The molecule has 5 nitrogen and oxygen atoms in total. The van der Waals surface area contributed by atoms with Crippen LogP contribution in [0.5, 0.6) is 0 Å². The Labute approximate surface area is 131 Å². The van der Waals surface area contributed by atoms with Crippen LogP contribution in [0.3, 0.4) is 0 Å². The lowest BCUT2D eigenvalue weighted by Crippen LogP contribution is -2.51. The molecule has 0 amide bonds. The van der Waals surface area contributed by atoms with Gasteiger partial charge >= 0.3 is 0 Å². The van der Waals surface area contributed by atoms with Crippen molar-refractivity contribution in [3.8, 4) is 0 Å². The maximum absolute atomic E-state index is 5.26. The Hall–Kier alpha value is -0.760. The molecule has 1 saturated heterocycles. The number of guanidine groups is 1. The molecule has 0 saturated carbocycles. The van der Waals surface area contributed by atoms with Crippen molar-refractivity contribution < 1.29 is 9.15 Å². The fourth-order valence-corrected chi connectivity index (χ4v) is 1.75. The van der Waals surface area contributed by atoms with Gasteiger partial charge in [0.2, 0.25) is 0 Å². The van der Waals surface area contributed by atoms with E-state index in [1.807, 2.05) is 12.1 Å². The van der Waals surface area contributed by atoms with Gasteiger partial charge in [0, 0.05) is 18.5 Å². The second kappa shape index (κ2) is 7.74. The van der Waals surface area contributed by atoms with E-state index in [0.717, 1.165) is 38.0 Å². The van der Waals surface area contributed by atoms with E-state index in [1.165, 1.54) is 0 Å². The van der Waals surface area contributed by atoms with E-state index >= 15 is 0 Å². The average Bonchev–Trinajstić information content (AvgIpc) is 2.83. The average molecular weight is 379 g/mol. The van der Waals surface area contributed by atoms with Crippen molar-refractivity contribution in [2.75, 3.05) is 26.3 Å². The normalized spacial score (nSPS) is 17.3. The van der Waals surface area contributed by atoms with Crippen molar-refractivity contribution >= 4 is 29.9 Å². The van der Waals surface area contributed by atoms with Gasteiger partial charge in [0.05, 0.1) is 19.5 Å². The summed E-state index contributed by atoms with van der Waals surface area (Å²) in [5.41, 5.74) is 0.237. The van der Waals surface area contributed by atoms with Gasteiger partial charge in [-0.1, -0.05) is 6.92 Å². The minimum Gasteiger partial charge on any atom is -0.467 e. The van der Waals surface area contributed by atoms with Crippen molar-refractivity contribution in [1.29, 1.82) is 0 Å². The summed E-state index contributed by atoms with van der Waals surface area (Å²) < 4.78 is 10.5. The summed E-state index contributed by atoms with van der Waals surface area (Å²) in [6, 6.07) is 3.80. The Bertz CT molecular complexity index is 389. The molecule has 0 atom stereocenters. The summed E-state index contributed by atoms with van der Waals surface area (Å²) in [4.78, 5) is 4.48. The van der Waals surface area contributed by atoms with Crippen molar-refractivity contribution in [2.45, 2.75) is 20.4 Å². The largest absolute Gasteiger partial charge is 0.467 e. The minimum atomic E-state index is 0. The number of nitrogens with zero attached hydrogens (tertiary/aromatic N) is 1. The zero-order valence-corrected chi connectivity index (χ0v) is 13.8. The topological polar surface area (TPSA) is 58.8 Å². The molecule has 1 aromatic heterocycles. The monoisotopic (exact) mass is 379 g/mol. The Morgan fingerprint density at radius 1 is 1.42 bits per heavy atom. The lowest BCUT2D eigenvalue weighted by Gasteiger charge is -2.38. The molecule has 0 aromatic carbocycles. The SMILES string of the molecule is CCNC(=NCc1ccco1)NCC1(C)COC1.I. The first-order valence-electron chi connectivity index (χ1n) is 6.34. The summed E-state index contributed by atoms with van der Waals surface area (Å²) in [6.45, 7) is 8.16. The molecule has 108 valence electrons. The van der Waals surface area contributed by atoms with Crippen LogP contribution in [0.4, 0.5) is 0 Å². The van der Waals surface area contributed by atoms with Crippen LogP contribution in [0.2, 0.25) is 0 Å². The van der Waals surface area contributed by atoms with Crippen LogP contribution in [0, 0.1) is 5.41 Å². The molecule has 0 aliphatic carbocycles. The zero-order valence-electron chi connectivity index (χ0n) is 11.4. The quantitative estimate of drug-likeness (QED) is 0.467. The predicted octanol–water partition coefficient (Wildman–Crippen LogP) is 1.99. The van der Waals surface area contributed by atoms with Crippen LogP contribution in [-0.4, -0.2) is 32.3 Å². The first-order valence-corrected chi connectivity index (χ1v) is 6.34. The highest BCUT2D eigenvalue weighted by Gasteiger charge is 2.33. The first kappa shape index (κ1) is 16.3. The Morgan fingerprint density at radius 2 is 2.21 bits per heavy atom. The Balaban J connectivity index is 0.00000180. The lowest BCUT2D eigenvalue weighted by molar-refractivity contribution is -0.0971. The molecule has 0 spiro atoms. The smallest absolute Gasteiger partial charge is 0.191 e. The third-order valence-electron chi connectivity index (χ3n) is 2.90. The third-order valence-corrected chi connectivity index (χ3v) is 2.90. The van der Waals surface area contributed by atoms with E-state index in [1.54, 1.807) is 6.26 Å².